The van der Waals surface area contributed by atoms with Crippen molar-refractivity contribution < 1.29 is 47.7 Å². The molecule has 0 N–H and O–H groups in total. The fourth-order valence-corrected chi connectivity index (χ4v) is 5.97. The Morgan fingerprint density at radius 2 is 1.44 bits per heavy atom. The van der Waals surface area contributed by atoms with E-state index in [1.165, 1.54) is 6.92 Å². The molecule has 0 spiro atoms. The molecule has 1 aliphatic heterocycles. The summed E-state index contributed by atoms with van der Waals surface area (Å²) in [5.74, 6) is -2.86. The molecule has 4 rings (SSSR count). The molecule has 1 saturated heterocycles. The van der Waals surface area contributed by atoms with E-state index in [4.69, 9.17) is 23.7 Å². The number of benzene rings is 2. The standard InChI is InChI=1S/C32H32O10S/c1-17-9-10-24(14-25(17)15-26-11-12-27(43-26)23-8-6-7-22(13-23)16-33)28-29(38-18(2)34)30(39-19(3)35)31(40-20(4)36)32(42-28)41-21(5)37/h6-14,16,28-32H,15H2,1-5H3/t28?,29-,30+,31-,32-/m0/s1. The van der Waals surface area contributed by atoms with E-state index in [-0.39, 0.29) is 0 Å². The van der Waals surface area contributed by atoms with Gasteiger partial charge in [-0.1, -0.05) is 36.4 Å². The number of rotatable bonds is 9. The summed E-state index contributed by atoms with van der Waals surface area (Å²) in [6.45, 7) is 6.63. The Hall–Kier alpha value is -4.35. The van der Waals surface area contributed by atoms with Gasteiger partial charge in [0.2, 0.25) is 12.4 Å². The maximum Gasteiger partial charge on any atom is 0.305 e. The zero-order chi connectivity index (χ0) is 31.3. The van der Waals surface area contributed by atoms with E-state index in [9.17, 15) is 24.0 Å². The first kappa shape index (κ1) is 31.6. The molecular formula is C32H32O10S. The Balaban J connectivity index is 1.71. The molecule has 0 aliphatic carbocycles. The molecule has 10 nitrogen and oxygen atoms in total. The van der Waals surface area contributed by atoms with E-state index in [2.05, 4.69) is 0 Å². The van der Waals surface area contributed by atoms with Gasteiger partial charge in [-0.3, -0.25) is 24.0 Å². The van der Waals surface area contributed by atoms with Crippen LogP contribution in [0.5, 0.6) is 0 Å². The molecule has 1 aliphatic rings. The average molecular weight is 609 g/mol. The van der Waals surface area contributed by atoms with Crippen LogP contribution in [0.15, 0.2) is 54.6 Å². The van der Waals surface area contributed by atoms with Crippen molar-refractivity contribution >= 4 is 41.5 Å². The summed E-state index contributed by atoms with van der Waals surface area (Å²) in [5, 5.41) is 0. The summed E-state index contributed by atoms with van der Waals surface area (Å²) in [4.78, 5) is 61.5. The van der Waals surface area contributed by atoms with Gasteiger partial charge in [-0.25, -0.2) is 0 Å². The summed E-state index contributed by atoms with van der Waals surface area (Å²) in [6.07, 6.45) is -5.07. The number of esters is 4. The number of hydrogen-bond acceptors (Lipinski definition) is 11. The number of carbonyl (C=O) groups is 5. The van der Waals surface area contributed by atoms with Crippen LogP contribution >= 0.6 is 11.3 Å². The molecule has 1 fully saturated rings. The molecule has 1 aromatic heterocycles. The second kappa shape index (κ2) is 13.7. The van der Waals surface area contributed by atoms with Gasteiger partial charge in [0, 0.05) is 49.4 Å². The number of ether oxygens (including phenoxy) is 5. The SMILES string of the molecule is CC(=O)O[C@H]1OC(c2ccc(C)c(Cc3ccc(-c4cccc(C=O)c4)s3)c2)[C@H](OC(C)=O)[C@@H](OC(C)=O)[C@@H]1OC(C)=O. The number of carbonyl (C=O) groups excluding carboxylic acids is 5. The van der Waals surface area contributed by atoms with Crippen molar-refractivity contribution in [2.75, 3.05) is 0 Å². The highest BCUT2D eigenvalue weighted by molar-refractivity contribution is 7.15. The number of aryl methyl sites for hydroxylation is 1. The third-order valence-electron chi connectivity index (χ3n) is 6.72. The number of aldehydes is 1. The second-order valence-electron chi connectivity index (χ2n) is 10.1. The van der Waals surface area contributed by atoms with Crippen LogP contribution in [0.1, 0.15) is 65.7 Å². The molecule has 3 aromatic rings. The highest BCUT2D eigenvalue weighted by Crippen LogP contribution is 2.39. The molecule has 43 heavy (non-hydrogen) atoms. The van der Waals surface area contributed by atoms with Gasteiger partial charge < -0.3 is 23.7 Å². The van der Waals surface area contributed by atoms with E-state index < -0.39 is 54.6 Å². The lowest BCUT2D eigenvalue weighted by molar-refractivity contribution is -0.298. The monoisotopic (exact) mass is 608 g/mol. The van der Waals surface area contributed by atoms with Crippen LogP contribution in [0, 0.1) is 6.92 Å². The predicted molar refractivity (Wildman–Crippen MR) is 155 cm³/mol. The summed E-state index contributed by atoms with van der Waals surface area (Å²) < 4.78 is 27.9. The Labute approximate surface area is 252 Å². The minimum absolute atomic E-state index is 0.567. The van der Waals surface area contributed by atoms with Crippen LogP contribution < -0.4 is 0 Å². The van der Waals surface area contributed by atoms with Gasteiger partial charge in [0.05, 0.1) is 0 Å². The first-order valence-electron chi connectivity index (χ1n) is 13.5. The van der Waals surface area contributed by atoms with Crippen molar-refractivity contribution in [3.05, 3.63) is 81.7 Å². The van der Waals surface area contributed by atoms with Gasteiger partial charge in [0.15, 0.2) is 12.2 Å². The average Bonchev–Trinajstić information content (AvgIpc) is 3.40. The van der Waals surface area contributed by atoms with Gasteiger partial charge in [0.1, 0.15) is 12.4 Å². The third kappa shape index (κ3) is 7.94. The van der Waals surface area contributed by atoms with Crippen LogP contribution in [-0.2, 0) is 49.3 Å². The van der Waals surface area contributed by atoms with Gasteiger partial charge in [0.25, 0.3) is 0 Å². The summed E-state index contributed by atoms with van der Waals surface area (Å²) in [7, 11) is 0. The molecule has 226 valence electrons. The molecule has 0 amide bonds. The normalized spacial score (nSPS) is 21.4. The van der Waals surface area contributed by atoms with Crippen molar-refractivity contribution in [3.8, 4) is 10.4 Å². The minimum Gasteiger partial charge on any atom is -0.455 e. The van der Waals surface area contributed by atoms with Crippen molar-refractivity contribution in [2.45, 2.75) is 71.7 Å². The Kier molecular flexibility index (Phi) is 10.1. The van der Waals surface area contributed by atoms with Gasteiger partial charge in [-0.05, 0) is 47.4 Å². The van der Waals surface area contributed by atoms with E-state index in [0.717, 1.165) is 53.5 Å². The van der Waals surface area contributed by atoms with Crippen molar-refractivity contribution in [2.24, 2.45) is 0 Å². The minimum atomic E-state index is -1.45. The molecule has 0 bridgehead atoms. The predicted octanol–water partition coefficient (Wildman–Crippen LogP) is 4.88. The van der Waals surface area contributed by atoms with E-state index in [1.54, 1.807) is 23.5 Å². The topological polar surface area (TPSA) is 132 Å². The zero-order valence-corrected chi connectivity index (χ0v) is 25.2. The quantitative estimate of drug-likeness (QED) is 0.188. The van der Waals surface area contributed by atoms with Crippen LogP contribution in [0.25, 0.3) is 10.4 Å². The third-order valence-corrected chi connectivity index (χ3v) is 7.85. The molecular weight excluding hydrogens is 576 g/mol. The zero-order valence-electron chi connectivity index (χ0n) is 24.4. The largest absolute Gasteiger partial charge is 0.455 e. The molecule has 2 aromatic carbocycles. The van der Waals surface area contributed by atoms with Crippen molar-refractivity contribution in [1.29, 1.82) is 0 Å². The van der Waals surface area contributed by atoms with E-state index in [1.807, 2.05) is 49.4 Å². The van der Waals surface area contributed by atoms with Crippen LogP contribution in [0.2, 0.25) is 0 Å². The highest BCUT2D eigenvalue weighted by Gasteiger charge is 2.53. The van der Waals surface area contributed by atoms with Crippen LogP contribution in [0.4, 0.5) is 0 Å². The maximum absolute atomic E-state index is 12.2. The number of hydrogen-bond donors (Lipinski definition) is 0. The number of thiophene rings is 1. The fraction of sp³-hybridized carbons (Fsp3) is 0.344. The molecule has 0 radical (unpaired) electrons. The first-order valence-corrected chi connectivity index (χ1v) is 14.3. The van der Waals surface area contributed by atoms with Crippen molar-refractivity contribution in [3.63, 3.8) is 0 Å². The van der Waals surface area contributed by atoms with Gasteiger partial charge >= 0.3 is 23.9 Å². The summed E-state index contributed by atoms with van der Waals surface area (Å²) in [5.41, 5.74) is 4.06. The van der Waals surface area contributed by atoms with Crippen molar-refractivity contribution in [1.82, 2.24) is 0 Å². The van der Waals surface area contributed by atoms with E-state index in [0.29, 0.717) is 17.5 Å². The maximum atomic E-state index is 12.2. The van der Waals surface area contributed by atoms with Gasteiger partial charge in [-0.2, -0.15) is 0 Å². The first-order chi connectivity index (χ1) is 20.4. The van der Waals surface area contributed by atoms with Gasteiger partial charge in [-0.15, -0.1) is 11.3 Å². The lowest BCUT2D eigenvalue weighted by Gasteiger charge is -2.44. The molecule has 5 atom stereocenters. The Morgan fingerprint density at radius 1 is 0.791 bits per heavy atom. The molecule has 2 heterocycles. The molecule has 1 unspecified atom stereocenters. The lowest BCUT2D eigenvalue weighted by Crippen LogP contribution is -2.59. The van der Waals surface area contributed by atoms with Crippen LogP contribution in [0.3, 0.4) is 0 Å². The lowest BCUT2D eigenvalue weighted by atomic mass is 9.90. The summed E-state index contributed by atoms with van der Waals surface area (Å²) >= 11 is 1.60. The molecule has 0 saturated carbocycles. The van der Waals surface area contributed by atoms with Crippen LogP contribution in [-0.4, -0.2) is 54.8 Å². The second-order valence-corrected chi connectivity index (χ2v) is 11.3. The smallest absolute Gasteiger partial charge is 0.305 e. The summed E-state index contributed by atoms with van der Waals surface area (Å²) in [6, 6.07) is 17.0. The fourth-order valence-electron chi connectivity index (χ4n) is 4.94. The Bertz CT molecular complexity index is 1530. The molecule has 11 heteroatoms. The Morgan fingerprint density at radius 3 is 2.09 bits per heavy atom. The highest BCUT2D eigenvalue weighted by atomic mass is 32.1. The van der Waals surface area contributed by atoms with E-state index >= 15 is 0 Å².